The summed E-state index contributed by atoms with van der Waals surface area (Å²) in [5.41, 5.74) is 4.06. The maximum absolute atomic E-state index is 13.2. The molecule has 0 aliphatic heterocycles. The van der Waals surface area contributed by atoms with Crippen LogP contribution in [0.15, 0.2) is 84.9 Å². The van der Waals surface area contributed by atoms with Crippen molar-refractivity contribution in [2.24, 2.45) is 0 Å². The van der Waals surface area contributed by atoms with Gasteiger partial charge in [0, 0.05) is 25.6 Å². The first-order valence-electron chi connectivity index (χ1n) is 12.0. The van der Waals surface area contributed by atoms with Crippen molar-refractivity contribution in [3.63, 3.8) is 0 Å². The fourth-order valence-corrected chi connectivity index (χ4v) is 3.61. The van der Waals surface area contributed by atoms with E-state index in [1.54, 1.807) is 0 Å². The van der Waals surface area contributed by atoms with E-state index in [1.807, 2.05) is 78.9 Å². The second kappa shape index (κ2) is 13.3. The molecule has 3 aromatic rings. The van der Waals surface area contributed by atoms with Gasteiger partial charge in [-0.05, 0) is 43.1 Å². The Hall–Kier alpha value is -3.64. The maximum Gasteiger partial charge on any atom is 0.408 e. The lowest BCUT2D eigenvalue weighted by Crippen LogP contribution is -2.48. The number of carbonyl (C=O) groups excluding carboxylic acids is 2. The summed E-state index contributed by atoms with van der Waals surface area (Å²) in [6, 6.07) is 26.8. The highest BCUT2D eigenvalue weighted by molar-refractivity contribution is 5.86. The van der Waals surface area contributed by atoms with Crippen LogP contribution in [0.5, 0.6) is 0 Å². The highest BCUT2D eigenvalue weighted by Gasteiger charge is 2.22. The Morgan fingerprint density at radius 2 is 1.40 bits per heavy atom. The first-order valence-corrected chi connectivity index (χ1v) is 12.0. The Morgan fingerprint density at radius 1 is 0.829 bits per heavy atom. The fraction of sp³-hybridized carbons (Fsp3) is 0.310. The molecule has 1 atom stereocenters. The lowest BCUT2D eigenvalue weighted by molar-refractivity contribution is -0.123. The van der Waals surface area contributed by atoms with E-state index in [1.165, 1.54) is 5.56 Å². The minimum Gasteiger partial charge on any atom is -0.445 e. The molecule has 0 heterocycles. The molecule has 2 amide bonds. The third-order valence-corrected chi connectivity index (χ3v) is 5.98. The van der Waals surface area contributed by atoms with Crippen molar-refractivity contribution in [1.82, 2.24) is 15.5 Å². The van der Waals surface area contributed by atoms with Crippen LogP contribution >= 0.6 is 0 Å². The molecule has 0 fully saturated rings. The van der Waals surface area contributed by atoms with Crippen LogP contribution in [0, 0.1) is 0 Å². The van der Waals surface area contributed by atoms with Gasteiger partial charge in [-0.1, -0.05) is 84.9 Å². The van der Waals surface area contributed by atoms with Gasteiger partial charge in [-0.25, -0.2) is 4.79 Å². The zero-order chi connectivity index (χ0) is 25.0. The largest absolute Gasteiger partial charge is 0.445 e. The summed E-state index contributed by atoms with van der Waals surface area (Å²) in [6.07, 6.45) is -0.255. The Balaban J connectivity index is 1.65. The fourth-order valence-electron chi connectivity index (χ4n) is 3.61. The third kappa shape index (κ3) is 8.58. The highest BCUT2D eigenvalue weighted by Crippen LogP contribution is 2.13. The standard InChI is InChI=1S/C29H35N3O3/c1-22(2)32(3)20-26-17-11-10-16-25(26)19-30-28(33)27(18-23-12-6-4-7-13-23)31-29(34)35-21-24-14-8-5-9-15-24/h4-17,22,27H,18-21H2,1-3H3,(H,30,33)(H,31,34). The van der Waals surface area contributed by atoms with Crippen LogP contribution in [0.2, 0.25) is 0 Å². The van der Waals surface area contributed by atoms with E-state index < -0.39 is 12.1 Å². The predicted octanol–water partition coefficient (Wildman–Crippen LogP) is 4.68. The van der Waals surface area contributed by atoms with E-state index in [2.05, 4.69) is 42.5 Å². The second-order valence-electron chi connectivity index (χ2n) is 8.94. The molecule has 0 spiro atoms. The molecule has 0 radical (unpaired) electrons. The lowest BCUT2D eigenvalue weighted by atomic mass is 10.0. The number of carbonyl (C=O) groups is 2. The average Bonchev–Trinajstić information content (AvgIpc) is 2.87. The normalized spacial score (nSPS) is 11.8. The number of benzene rings is 3. The Kier molecular flexibility index (Phi) is 9.87. The molecular formula is C29H35N3O3. The van der Waals surface area contributed by atoms with Gasteiger partial charge >= 0.3 is 6.09 Å². The van der Waals surface area contributed by atoms with E-state index in [-0.39, 0.29) is 12.5 Å². The summed E-state index contributed by atoms with van der Waals surface area (Å²) in [5.74, 6) is -0.252. The van der Waals surface area contributed by atoms with E-state index in [9.17, 15) is 9.59 Å². The molecule has 0 aliphatic carbocycles. The number of nitrogens with one attached hydrogen (secondary N) is 2. The van der Waals surface area contributed by atoms with Crippen LogP contribution in [-0.2, 0) is 35.6 Å². The molecule has 6 heteroatoms. The molecule has 184 valence electrons. The predicted molar refractivity (Wildman–Crippen MR) is 139 cm³/mol. The molecule has 3 aromatic carbocycles. The van der Waals surface area contributed by atoms with Crippen molar-refractivity contribution in [3.05, 3.63) is 107 Å². The Bertz CT molecular complexity index is 1070. The highest BCUT2D eigenvalue weighted by atomic mass is 16.5. The van der Waals surface area contributed by atoms with Crippen LogP contribution in [0.25, 0.3) is 0 Å². The van der Waals surface area contributed by atoms with Crippen LogP contribution in [0.4, 0.5) is 4.79 Å². The topological polar surface area (TPSA) is 70.7 Å². The number of ether oxygens (including phenoxy) is 1. The zero-order valence-corrected chi connectivity index (χ0v) is 20.7. The van der Waals surface area contributed by atoms with Crippen molar-refractivity contribution in [3.8, 4) is 0 Å². The van der Waals surface area contributed by atoms with Crippen LogP contribution < -0.4 is 10.6 Å². The Morgan fingerprint density at radius 3 is 2.03 bits per heavy atom. The minimum absolute atomic E-state index is 0.142. The Labute approximate surface area is 208 Å². The summed E-state index contributed by atoms with van der Waals surface area (Å²) in [6.45, 7) is 5.62. The van der Waals surface area contributed by atoms with Gasteiger partial charge in [-0.2, -0.15) is 0 Å². The summed E-state index contributed by atoms with van der Waals surface area (Å²) >= 11 is 0. The number of alkyl carbamates (subject to hydrolysis) is 1. The molecule has 0 aliphatic rings. The van der Waals surface area contributed by atoms with Crippen molar-refractivity contribution in [1.29, 1.82) is 0 Å². The molecule has 6 nitrogen and oxygen atoms in total. The van der Waals surface area contributed by atoms with Gasteiger partial charge in [0.15, 0.2) is 0 Å². The van der Waals surface area contributed by atoms with Gasteiger partial charge in [0.2, 0.25) is 5.91 Å². The molecule has 0 aromatic heterocycles. The number of hydrogen-bond acceptors (Lipinski definition) is 4. The number of amides is 2. The first-order chi connectivity index (χ1) is 16.9. The van der Waals surface area contributed by atoms with Crippen molar-refractivity contribution in [2.45, 2.75) is 52.0 Å². The molecule has 0 saturated carbocycles. The minimum atomic E-state index is -0.758. The first kappa shape index (κ1) is 26.0. The monoisotopic (exact) mass is 473 g/mol. The molecule has 35 heavy (non-hydrogen) atoms. The van der Waals surface area contributed by atoms with Gasteiger partial charge in [-0.15, -0.1) is 0 Å². The maximum atomic E-state index is 13.2. The van der Waals surface area contributed by atoms with Gasteiger partial charge in [0.25, 0.3) is 0 Å². The lowest BCUT2D eigenvalue weighted by Gasteiger charge is -2.23. The smallest absolute Gasteiger partial charge is 0.408 e. The molecule has 1 unspecified atom stereocenters. The summed E-state index contributed by atoms with van der Waals surface area (Å²) in [7, 11) is 2.08. The van der Waals surface area contributed by atoms with Crippen LogP contribution in [0.1, 0.15) is 36.1 Å². The van der Waals surface area contributed by atoms with E-state index >= 15 is 0 Å². The van der Waals surface area contributed by atoms with E-state index in [4.69, 9.17) is 4.74 Å². The van der Waals surface area contributed by atoms with Crippen LogP contribution in [-0.4, -0.2) is 36.0 Å². The zero-order valence-electron chi connectivity index (χ0n) is 20.7. The SMILES string of the molecule is CC(C)N(C)Cc1ccccc1CNC(=O)C(Cc1ccccc1)NC(=O)OCc1ccccc1. The molecule has 3 rings (SSSR count). The number of nitrogens with zero attached hydrogens (tertiary/aromatic N) is 1. The van der Waals surface area contributed by atoms with Crippen LogP contribution in [0.3, 0.4) is 0 Å². The van der Waals surface area contributed by atoms with Gasteiger partial charge in [0.05, 0.1) is 0 Å². The van der Waals surface area contributed by atoms with Crippen molar-refractivity contribution in [2.75, 3.05) is 7.05 Å². The third-order valence-electron chi connectivity index (χ3n) is 5.98. The van der Waals surface area contributed by atoms with Gasteiger partial charge < -0.3 is 15.4 Å². The quantitative estimate of drug-likeness (QED) is 0.424. The average molecular weight is 474 g/mol. The second-order valence-corrected chi connectivity index (χ2v) is 8.94. The molecule has 0 saturated heterocycles. The molecule has 2 N–H and O–H groups in total. The van der Waals surface area contributed by atoms with Crippen molar-refractivity contribution >= 4 is 12.0 Å². The van der Waals surface area contributed by atoms with E-state index in [0.717, 1.165) is 23.2 Å². The molecular weight excluding hydrogens is 438 g/mol. The number of hydrogen-bond donors (Lipinski definition) is 2. The van der Waals surface area contributed by atoms with Gasteiger partial charge in [0.1, 0.15) is 12.6 Å². The number of rotatable bonds is 11. The summed E-state index contributed by atoms with van der Waals surface area (Å²) < 4.78 is 5.36. The van der Waals surface area contributed by atoms with Gasteiger partial charge in [-0.3, -0.25) is 9.69 Å². The summed E-state index contributed by atoms with van der Waals surface area (Å²) in [4.78, 5) is 27.9. The van der Waals surface area contributed by atoms with E-state index in [0.29, 0.717) is 19.0 Å². The molecule has 0 bridgehead atoms. The summed E-state index contributed by atoms with van der Waals surface area (Å²) in [5, 5.41) is 5.77. The van der Waals surface area contributed by atoms with Crippen molar-refractivity contribution < 1.29 is 14.3 Å².